The van der Waals surface area contributed by atoms with E-state index in [0.29, 0.717) is 21.7 Å². The molecule has 1 aromatic heterocycles. The summed E-state index contributed by atoms with van der Waals surface area (Å²) in [5.41, 5.74) is 1.85. The molecule has 1 aromatic carbocycles. The average Bonchev–Trinajstić information content (AvgIpc) is 2.86. The van der Waals surface area contributed by atoms with Gasteiger partial charge in [0.2, 0.25) is 0 Å². The van der Waals surface area contributed by atoms with Gasteiger partial charge in [-0.3, -0.25) is 14.9 Å². The average molecular weight is 276 g/mol. The molecule has 1 N–H and O–H groups in total. The van der Waals surface area contributed by atoms with Crippen LogP contribution in [0.15, 0.2) is 29.6 Å². The molecule has 0 aliphatic carbocycles. The number of carbonyl (C=O) groups is 1. The first kappa shape index (κ1) is 13.2. The predicted octanol–water partition coefficient (Wildman–Crippen LogP) is 3.53. The summed E-state index contributed by atoms with van der Waals surface area (Å²) >= 11 is 1.35. The van der Waals surface area contributed by atoms with Gasteiger partial charge < -0.3 is 5.32 Å². The van der Waals surface area contributed by atoms with E-state index in [9.17, 15) is 14.9 Å². The lowest BCUT2D eigenvalue weighted by Gasteiger charge is -2.09. The van der Waals surface area contributed by atoms with E-state index in [1.54, 1.807) is 32.0 Å². The van der Waals surface area contributed by atoms with E-state index in [-0.39, 0.29) is 11.6 Å². The maximum absolute atomic E-state index is 11.9. The summed E-state index contributed by atoms with van der Waals surface area (Å²) in [6, 6.07) is 6.62. The van der Waals surface area contributed by atoms with Crippen LogP contribution in [0.5, 0.6) is 0 Å². The van der Waals surface area contributed by atoms with Crippen LogP contribution >= 0.6 is 11.3 Å². The standard InChI is InChI=1S/C13H12N2O3S/c1-8-7-11(15(17)18)9(2)6-10(8)14-13(16)12-4-3-5-19-12/h3-7H,1-2H3,(H,14,16). The summed E-state index contributed by atoms with van der Waals surface area (Å²) in [4.78, 5) is 22.9. The van der Waals surface area contributed by atoms with E-state index in [2.05, 4.69) is 5.32 Å². The largest absolute Gasteiger partial charge is 0.321 e. The molecule has 0 saturated heterocycles. The Hall–Kier alpha value is -2.21. The van der Waals surface area contributed by atoms with Crippen molar-refractivity contribution in [1.82, 2.24) is 0 Å². The zero-order valence-corrected chi connectivity index (χ0v) is 11.3. The van der Waals surface area contributed by atoms with Gasteiger partial charge in [-0.05, 0) is 36.9 Å². The first-order valence-electron chi connectivity index (χ1n) is 5.59. The molecule has 0 spiro atoms. The van der Waals surface area contributed by atoms with Crippen molar-refractivity contribution in [2.75, 3.05) is 5.32 Å². The highest BCUT2D eigenvalue weighted by Crippen LogP contribution is 2.26. The van der Waals surface area contributed by atoms with Crippen molar-refractivity contribution in [2.45, 2.75) is 13.8 Å². The maximum atomic E-state index is 11.9. The van der Waals surface area contributed by atoms with Gasteiger partial charge in [-0.2, -0.15) is 0 Å². The fourth-order valence-corrected chi connectivity index (χ4v) is 2.34. The number of carbonyl (C=O) groups excluding carboxylic acids is 1. The molecule has 0 bridgehead atoms. The second-order valence-corrected chi connectivity index (χ2v) is 5.09. The summed E-state index contributed by atoms with van der Waals surface area (Å²) < 4.78 is 0. The van der Waals surface area contributed by atoms with Crippen molar-refractivity contribution in [3.05, 3.63) is 55.8 Å². The van der Waals surface area contributed by atoms with Crippen molar-refractivity contribution in [3.8, 4) is 0 Å². The summed E-state index contributed by atoms with van der Waals surface area (Å²) in [7, 11) is 0. The van der Waals surface area contributed by atoms with Crippen LogP contribution in [0, 0.1) is 24.0 Å². The number of benzene rings is 1. The van der Waals surface area contributed by atoms with Gasteiger partial charge in [0.25, 0.3) is 11.6 Å². The second kappa shape index (κ2) is 5.19. The van der Waals surface area contributed by atoms with Gasteiger partial charge >= 0.3 is 0 Å². The predicted molar refractivity (Wildman–Crippen MR) is 74.8 cm³/mol. The van der Waals surface area contributed by atoms with E-state index in [0.717, 1.165) is 0 Å². The number of nitro groups is 1. The second-order valence-electron chi connectivity index (χ2n) is 4.14. The molecule has 0 aliphatic rings. The van der Waals surface area contributed by atoms with Crippen LogP contribution in [0.1, 0.15) is 20.8 Å². The van der Waals surface area contributed by atoms with Crippen molar-refractivity contribution >= 4 is 28.6 Å². The number of aryl methyl sites for hydroxylation is 2. The number of thiophene rings is 1. The molecule has 0 fully saturated rings. The number of hydrogen-bond donors (Lipinski definition) is 1. The number of anilines is 1. The number of amides is 1. The van der Waals surface area contributed by atoms with Gasteiger partial charge in [0.05, 0.1) is 9.80 Å². The molecule has 0 atom stereocenters. The quantitative estimate of drug-likeness (QED) is 0.688. The van der Waals surface area contributed by atoms with E-state index in [1.807, 2.05) is 5.38 Å². The number of nitrogens with one attached hydrogen (secondary N) is 1. The molecular formula is C13H12N2O3S. The smallest absolute Gasteiger partial charge is 0.272 e. The normalized spacial score (nSPS) is 10.2. The van der Waals surface area contributed by atoms with E-state index < -0.39 is 4.92 Å². The molecule has 1 amide bonds. The Morgan fingerprint density at radius 2 is 2.05 bits per heavy atom. The minimum absolute atomic E-state index is 0.0617. The molecule has 1 heterocycles. The molecule has 0 radical (unpaired) electrons. The van der Waals surface area contributed by atoms with Crippen LogP contribution in [0.4, 0.5) is 11.4 Å². The first-order valence-corrected chi connectivity index (χ1v) is 6.47. The number of rotatable bonds is 3. The zero-order chi connectivity index (χ0) is 14.0. The molecule has 0 unspecified atom stereocenters. The highest BCUT2D eigenvalue weighted by molar-refractivity contribution is 7.12. The molecule has 98 valence electrons. The van der Waals surface area contributed by atoms with Gasteiger partial charge in [-0.15, -0.1) is 11.3 Å². The highest BCUT2D eigenvalue weighted by atomic mass is 32.1. The Morgan fingerprint density at radius 3 is 2.63 bits per heavy atom. The fraction of sp³-hybridized carbons (Fsp3) is 0.154. The minimum atomic E-state index is -0.423. The van der Waals surface area contributed by atoms with Crippen LogP contribution < -0.4 is 5.32 Å². The van der Waals surface area contributed by atoms with Crippen molar-refractivity contribution in [2.24, 2.45) is 0 Å². The maximum Gasteiger partial charge on any atom is 0.272 e. The Kier molecular flexibility index (Phi) is 3.62. The molecule has 6 heteroatoms. The van der Waals surface area contributed by atoms with Crippen LogP contribution in [0.3, 0.4) is 0 Å². The first-order chi connectivity index (χ1) is 8.99. The molecule has 19 heavy (non-hydrogen) atoms. The lowest BCUT2D eigenvalue weighted by Crippen LogP contribution is -2.11. The van der Waals surface area contributed by atoms with Crippen LogP contribution in [-0.2, 0) is 0 Å². The Bertz CT molecular complexity index is 636. The minimum Gasteiger partial charge on any atom is -0.321 e. The summed E-state index contributed by atoms with van der Waals surface area (Å²) in [6.07, 6.45) is 0. The Labute approximate surface area is 114 Å². The SMILES string of the molecule is Cc1cc([N+](=O)[O-])c(C)cc1NC(=O)c1cccs1. The zero-order valence-electron chi connectivity index (χ0n) is 10.5. The highest BCUT2D eigenvalue weighted by Gasteiger charge is 2.15. The molecule has 5 nitrogen and oxygen atoms in total. The van der Waals surface area contributed by atoms with Gasteiger partial charge in [-0.1, -0.05) is 6.07 Å². The number of nitrogens with zero attached hydrogens (tertiary/aromatic N) is 1. The van der Waals surface area contributed by atoms with E-state index >= 15 is 0 Å². The lowest BCUT2D eigenvalue weighted by atomic mass is 10.1. The van der Waals surface area contributed by atoms with Crippen molar-refractivity contribution in [1.29, 1.82) is 0 Å². The van der Waals surface area contributed by atoms with Crippen molar-refractivity contribution in [3.63, 3.8) is 0 Å². The van der Waals surface area contributed by atoms with E-state index in [4.69, 9.17) is 0 Å². The number of nitro benzene ring substituents is 1. The summed E-state index contributed by atoms with van der Waals surface area (Å²) in [6.45, 7) is 3.38. The monoisotopic (exact) mass is 276 g/mol. The van der Waals surface area contributed by atoms with Crippen molar-refractivity contribution < 1.29 is 9.72 Å². The van der Waals surface area contributed by atoms with Crippen LogP contribution in [0.25, 0.3) is 0 Å². The van der Waals surface area contributed by atoms with Gasteiger partial charge in [0.1, 0.15) is 0 Å². The van der Waals surface area contributed by atoms with Gasteiger partial charge in [0.15, 0.2) is 0 Å². The third-order valence-corrected chi connectivity index (χ3v) is 3.60. The Morgan fingerprint density at radius 1 is 1.32 bits per heavy atom. The topological polar surface area (TPSA) is 72.2 Å². The van der Waals surface area contributed by atoms with Crippen LogP contribution in [-0.4, -0.2) is 10.8 Å². The fourth-order valence-electron chi connectivity index (χ4n) is 1.72. The Balaban J connectivity index is 2.29. The molecule has 2 aromatic rings. The number of hydrogen-bond acceptors (Lipinski definition) is 4. The van der Waals surface area contributed by atoms with Gasteiger partial charge in [-0.25, -0.2) is 0 Å². The molecular weight excluding hydrogens is 264 g/mol. The van der Waals surface area contributed by atoms with Gasteiger partial charge in [0, 0.05) is 17.3 Å². The van der Waals surface area contributed by atoms with E-state index in [1.165, 1.54) is 17.4 Å². The summed E-state index contributed by atoms with van der Waals surface area (Å²) in [5, 5.41) is 15.4. The summed E-state index contributed by atoms with van der Waals surface area (Å²) in [5.74, 6) is -0.202. The van der Waals surface area contributed by atoms with Crippen LogP contribution in [0.2, 0.25) is 0 Å². The molecule has 2 rings (SSSR count). The third-order valence-electron chi connectivity index (χ3n) is 2.73. The third kappa shape index (κ3) is 2.79. The molecule has 0 aliphatic heterocycles. The molecule has 0 saturated carbocycles. The lowest BCUT2D eigenvalue weighted by molar-refractivity contribution is -0.385.